The largest absolute Gasteiger partial charge is 0.352 e. The Kier molecular flexibility index (Phi) is 13.0. The van der Waals surface area contributed by atoms with Crippen molar-refractivity contribution in [3.8, 4) is 0 Å². The molecule has 1 heterocycles. The monoisotopic (exact) mass is 389 g/mol. The van der Waals surface area contributed by atoms with Gasteiger partial charge in [-0.2, -0.15) is 0 Å². The van der Waals surface area contributed by atoms with E-state index in [1.165, 1.54) is 17.5 Å². The molecule has 1 fully saturated rings. The third kappa shape index (κ3) is 8.91. The Morgan fingerprint density at radius 3 is 2.60 bits per heavy atom. The zero-order valence-electron chi connectivity index (χ0n) is 15.4. The molecule has 0 aromatic heterocycles. The molecule has 144 valence electrons. The zero-order chi connectivity index (χ0) is 16.5. The lowest BCUT2D eigenvalue weighted by Crippen LogP contribution is -2.24. The first-order valence-electron chi connectivity index (χ1n) is 8.98. The number of nitrogens with one attached hydrogen (secondary N) is 2. The van der Waals surface area contributed by atoms with Gasteiger partial charge in [-0.3, -0.25) is 9.69 Å². The number of rotatable bonds is 9. The highest BCUT2D eigenvalue weighted by molar-refractivity contribution is 5.85. The van der Waals surface area contributed by atoms with Crippen molar-refractivity contribution in [2.24, 2.45) is 5.92 Å². The molecule has 6 heteroatoms. The highest BCUT2D eigenvalue weighted by Crippen LogP contribution is 2.14. The summed E-state index contributed by atoms with van der Waals surface area (Å²) in [5.74, 6) is 0.851. The number of halogens is 2. The second kappa shape index (κ2) is 13.4. The molecule has 1 amide bonds. The molecule has 2 N–H and O–H groups in total. The van der Waals surface area contributed by atoms with Gasteiger partial charge in [0, 0.05) is 19.5 Å². The average Bonchev–Trinajstić information content (AvgIpc) is 3.10. The Balaban J connectivity index is 0.00000288. The standard InChI is InChI=1S/C19H31N3O.2ClH/c1-3-22(4-2)15-18-7-5-6-17(12-18)14-21-19(23)9-8-16-10-11-20-13-16;;/h5-7,12,16,20H,3-4,8-11,13-15H2,1-2H3,(H,21,23);2*1H. The summed E-state index contributed by atoms with van der Waals surface area (Å²) in [6, 6.07) is 8.55. The summed E-state index contributed by atoms with van der Waals surface area (Å²) in [5, 5.41) is 6.41. The van der Waals surface area contributed by atoms with Crippen LogP contribution in [0.25, 0.3) is 0 Å². The van der Waals surface area contributed by atoms with Crippen LogP contribution in [0, 0.1) is 5.92 Å². The molecule has 0 saturated carbocycles. The van der Waals surface area contributed by atoms with E-state index in [0.29, 0.717) is 18.9 Å². The van der Waals surface area contributed by atoms with Crippen LogP contribution in [0.15, 0.2) is 24.3 Å². The maximum absolute atomic E-state index is 12.0. The number of hydrogen-bond donors (Lipinski definition) is 2. The lowest BCUT2D eigenvalue weighted by Gasteiger charge is -2.18. The van der Waals surface area contributed by atoms with Gasteiger partial charge in [0.05, 0.1) is 0 Å². The maximum atomic E-state index is 12.0. The molecule has 25 heavy (non-hydrogen) atoms. The summed E-state index contributed by atoms with van der Waals surface area (Å²) in [6.45, 7) is 10.3. The van der Waals surface area contributed by atoms with E-state index in [-0.39, 0.29) is 30.7 Å². The lowest BCUT2D eigenvalue weighted by atomic mass is 10.0. The highest BCUT2D eigenvalue weighted by atomic mass is 35.5. The van der Waals surface area contributed by atoms with Gasteiger partial charge in [-0.25, -0.2) is 0 Å². The second-order valence-electron chi connectivity index (χ2n) is 6.46. The molecule has 0 bridgehead atoms. The van der Waals surface area contributed by atoms with Crippen LogP contribution in [-0.4, -0.2) is 37.0 Å². The fourth-order valence-electron chi connectivity index (χ4n) is 3.13. The fraction of sp³-hybridized carbons (Fsp3) is 0.632. The normalized spacial score (nSPS) is 16.2. The Bertz CT molecular complexity index is 489. The van der Waals surface area contributed by atoms with E-state index in [4.69, 9.17) is 0 Å². The first-order valence-corrected chi connectivity index (χ1v) is 8.98. The van der Waals surface area contributed by atoms with Gasteiger partial charge in [0.1, 0.15) is 0 Å². The average molecular weight is 390 g/mol. The molecule has 2 rings (SSSR count). The predicted molar refractivity (Wildman–Crippen MR) is 110 cm³/mol. The summed E-state index contributed by atoms with van der Waals surface area (Å²) in [7, 11) is 0. The predicted octanol–water partition coefficient (Wildman–Crippen LogP) is 3.38. The molecule has 1 aliphatic heterocycles. The van der Waals surface area contributed by atoms with Gasteiger partial charge in [-0.15, -0.1) is 24.8 Å². The van der Waals surface area contributed by atoms with Crippen molar-refractivity contribution in [2.45, 2.75) is 46.2 Å². The first-order chi connectivity index (χ1) is 11.2. The molecular formula is C19H33Cl2N3O. The topological polar surface area (TPSA) is 44.4 Å². The number of nitrogens with zero attached hydrogens (tertiary/aromatic N) is 1. The van der Waals surface area contributed by atoms with Crippen LogP contribution in [0.3, 0.4) is 0 Å². The molecule has 0 radical (unpaired) electrons. The minimum atomic E-state index is 0. The number of amides is 1. The van der Waals surface area contributed by atoms with Crippen molar-refractivity contribution in [3.63, 3.8) is 0 Å². The van der Waals surface area contributed by atoms with Crippen LogP contribution in [0.1, 0.15) is 44.2 Å². The Labute approximate surface area is 164 Å². The van der Waals surface area contributed by atoms with Crippen LogP contribution in [0.5, 0.6) is 0 Å². The van der Waals surface area contributed by atoms with Crippen LogP contribution < -0.4 is 10.6 Å². The highest BCUT2D eigenvalue weighted by Gasteiger charge is 2.15. The van der Waals surface area contributed by atoms with Crippen molar-refractivity contribution in [3.05, 3.63) is 35.4 Å². The van der Waals surface area contributed by atoms with E-state index >= 15 is 0 Å². The molecule has 1 saturated heterocycles. The summed E-state index contributed by atoms with van der Waals surface area (Å²) in [6.07, 6.45) is 2.85. The molecule has 4 nitrogen and oxygen atoms in total. The minimum Gasteiger partial charge on any atom is -0.352 e. The minimum absolute atomic E-state index is 0. The molecular weight excluding hydrogens is 357 g/mol. The molecule has 1 aromatic carbocycles. The van der Waals surface area contributed by atoms with Crippen LogP contribution in [0.2, 0.25) is 0 Å². The molecule has 0 aliphatic carbocycles. The second-order valence-corrected chi connectivity index (χ2v) is 6.46. The van der Waals surface area contributed by atoms with Crippen molar-refractivity contribution in [1.82, 2.24) is 15.5 Å². The Morgan fingerprint density at radius 2 is 1.96 bits per heavy atom. The smallest absolute Gasteiger partial charge is 0.220 e. The van der Waals surface area contributed by atoms with Gasteiger partial charge in [0.25, 0.3) is 0 Å². The number of benzene rings is 1. The van der Waals surface area contributed by atoms with Crippen LogP contribution in [0.4, 0.5) is 0 Å². The first kappa shape index (κ1) is 24.2. The zero-order valence-corrected chi connectivity index (χ0v) is 17.1. The third-order valence-corrected chi connectivity index (χ3v) is 4.72. The van der Waals surface area contributed by atoms with E-state index in [0.717, 1.165) is 39.1 Å². The quantitative estimate of drug-likeness (QED) is 0.680. The molecule has 1 atom stereocenters. The fourth-order valence-corrected chi connectivity index (χ4v) is 3.13. The summed E-state index contributed by atoms with van der Waals surface area (Å²) >= 11 is 0. The SMILES string of the molecule is CCN(CC)Cc1cccc(CNC(=O)CCC2CCNC2)c1.Cl.Cl. The van der Waals surface area contributed by atoms with Crippen molar-refractivity contribution >= 4 is 30.7 Å². The van der Waals surface area contributed by atoms with Crippen molar-refractivity contribution in [1.29, 1.82) is 0 Å². The van der Waals surface area contributed by atoms with Gasteiger partial charge < -0.3 is 10.6 Å². The van der Waals surface area contributed by atoms with Gasteiger partial charge in [0.2, 0.25) is 5.91 Å². The van der Waals surface area contributed by atoms with Crippen LogP contribution >= 0.6 is 24.8 Å². The lowest BCUT2D eigenvalue weighted by molar-refractivity contribution is -0.121. The van der Waals surface area contributed by atoms with E-state index in [9.17, 15) is 4.79 Å². The molecule has 1 aromatic rings. The third-order valence-electron chi connectivity index (χ3n) is 4.72. The molecule has 1 unspecified atom stereocenters. The van der Waals surface area contributed by atoms with Crippen molar-refractivity contribution < 1.29 is 4.79 Å². The number of hydrogen-bond acceptors (Lipinski definition) is 3. The number of carbonyl (C=O) groups excluding carboxylic acids is 1. The Hall–Kier alpha value is -0.810. The Morgan fingerprint density at radius 1 is 1.24 bits per heavy atom. The molecule has 1 aliphatic rings. The van der Waals surface area contributed by atoms with E-state index in [1.54, 1.807) is 0 Å². The van der Waals surface area contributed by atoms with Crippen LogP contribution in [-0.2, 0) is 17.9 Å². The van der Waals surface area contributed by atoms with Gasteiger partial charge in [-0.05, 0) is 56.1 Å². The van der Waals surface area contributed by atoms with E-state index in [2.05, 4.69) is 53.6 Å². The summed E-state index contributed by atoms with van der Waals surface area (Å²) in [5.41, 5.74) is 2.50. The number of carbonyl (C=O) groups is 1. The van der Waals surface area contributed by atoms with Gasteiger partial charge in [0.15, 0.2) is 0 Å². The maximum Gasteiger partial charge on any atom is 0.220 e. The van der Waals surface area contributed by atoms with Gasteiger partial charge >= 0.3 is 0 Å². The van der Waals surface area contributed by atoms with Gasteiger partial charge in [-0.1, -0.05) is 38.1 Å². The summed E-state index contributed by atoms with van der Waals surface area (Å²) < 4.78 is 0. The van der Waals surface area contributed by atoms with E-state index in [1.807, 2.05) is 0 Å². The summed E-state index contributed by atoms with van der Waals surface area (Å²) in [4.78, 5) is 14.4. The molecule has 0 spiro atoms. The van der Waals surface area contributed by atoms with E-state index < -0.39 is 0 Å². The van der Waals surface area contributed by atoms with Crippen molar-refractivity contribution in [2.75, 3.05) is 26.2 Å².